The van der Waals surface area contributed by atoms with Crippen molar-refractivity contribution >= 4 is 23.1 Å². The third kappa shape index (κ3) is 3.57. The van der Waals surface area contributed by atoms with Crippen LogP contribution in [0.15, 0.2) is 59.1 Å². The smallest absolute Gasteiger partial charge is 0.268 e. The second-order valence-corrected chi connectivity index (χ2v) is 8.21. The number of fused-ring (bicyclic) bond motifs is 3. The molecule has 2 aromatic carbocycles. The van der Waals surface area contributed by atoms with Crippen molar-refractivity contribution in [3.8, 4) is 33.2 Å². The van der Waals surface area contributed by atoms with E-state index in [0.717, 1.165) is 38.6 Å². The maximum Gasteiger partial charge on any atom is 0.268 e. The quantitative estimate of drug-likeness (QED) is 0.424. The Labute approximate surface area is 183 Å². The number of para-hydroxylation sites is 1. The molecule has 0 fully saturated rings. The minimum atomic E-state index is -0.240. The molecule has 0 bridgehead atoms. The molecule has 1 N–H and O–H groups in total. The lowest BCUT2D eigenvalue weighted by molar-refractivity contribution is 0.102. The number of aromatic nitrogens is 1. The molecule has 6 nitrogen and oxygen atoms in total. The molecule has 31 heavy (non-hydrogen) atoms. The Morgan fingerprint density at radius 2 is 2.06 bits per heavy atom. The summed E-state index contributed by atoms with van der Waals surface area (Å²) in [5.41, 5.74) is 4.61. The van der Waals surface area contributed by atoms with Crippen molar-refractivity contribution in [2.24, 2.45) is 0 Å². The van der Waals surface area contributed by atoms with E-state index in [-0.39, 0.29) is 11.8 Å². The number of thiophene rings is 1. The van der Waals surface area contributed by atoms with Crippen LogP contribution in [0.3, 0.4) is 0 Å². The molecule has 0 aliphatic carbocycles. The summed E-state index contributed by atoms with van der Waals surface area (Å²) in [5, 5.41) is 6.90. The first kappa shape index (κ1) is 19.4. The minimum Gasteiger partial charge on any atom is -0.493 e. The molecule has 1 aliphatic heterocycles. The number of amides is 1. The van der Waals surface area contributed by atoms with Crippen molar-refractivity contribution in [2.75, 3.05) is 11.9 Å². The normalized spacial score (nSPS) is 11.9. The first-order valence-electron chi connectivity index (χ1n) is 10.00. The van der Waals surface area contributed by atoms with E-state index < -0.39 is 0 Å². The van der Waals surface area contributed by atoms with Gasteiger partial charge >= 0.3 is 0 Å². The Hall–Kier alpha value is -3.58. The van der Waals surface area contributed by atoms with Crippen molar-refractivity contribution in [1.29, 1.82) is 0 Å². The third-order valence-electron chi connectivity index (χ3n) is 5.09. The van der Waals surface area contributed by atoms with Crippen LogP contribution in [0.2, 0.25) is 0 Å². The lowest BCUT2D eigenvalue weighted by Gasteiger charge is -2.19. The lowest BCUT2D eigenvalue weighted by atomic mass is 10.0. The van der Waals surface area contributed by atoms with Crippen molar-refractivity contribution < 1.29 is 18.8 Å². The van der Waals surface area contributed by atoms with Crippen molar-refractivity contribution in [1.82, 2.24) is 5.16 Å². The number of carbonyl (C=O) groups is 1. The number of hydrogen-bond acceptors (Lipinski definition) is 6. The van der Waals surface area contributed by atoms with E-state index in [1.165, 1.54) is 11.3 Å². The summed E-state index contributed by atoms with van der Waals surface area (Å²) in [6.07, 6.45) is 0. The Morgan fingerprint density at radius 1 is 1.19 bits per heavy atom. The van der Waals surface area contributed by atoms with Crippen LogP contribution < -0.4 is 14.8 Å². The highest BCUT2D eigenvalue weighted by atomic mass is 32.1. The molecule has 0 spiro atoms. The van der Waals surface area contributed by atoms with Crippen molar-refractivity contribution in [3.63, 3.8) is 0 Å². The molecule has 3 heterocycles. The second kappa shape index (κ2) is 7.92. The van der Waals surface area contributed by atoms with E-state index >= 15 is 0 Å². The van der Waals surface area contributed by atoms with Gasteiger partial charge in [0.2, 0.25) is 5.88 Å². The molecule has 2 aromatic heterocycles. The Balaban J connectivity index is 1.39. The molecule has 156 valence electrons. The molecular weight excluding hydrogens is 412 g/mol. The molecule has 1 aliphatic rings. The molecule has 4 aromatic rings. The molecule has 0 radical (unpaired) electrons. The molecule has 0 saturated heterocycles. The van der Waals surface area contributed by atoms with E-state index in [1.807, 2.05) is 62.4 Å². The lowest BCUT2D eigenvalue weighted by Crippen LogP contribution is -2.09. The van der Waals surface area contributed by atoms with Crippen LogP contribution in [0.4, 0.5) is 5.88 Å². The number of rotatable bonds is 5. The number of hydrogen-bond donors (Lipinski definition) is 1. The maximum atomic E-state index is 12.9. The minimum absolute atomic E-state index is 0.240. The molecular formula is C24H20N2O4S. The number of ether oxygens (including phenoxy) is 2. The van der Waals surface area contributed by atoms with Crippen molar-refractivity contribution in [2.45, 2.75) is 20.5 Å². The molecule has 0 saturated carbocycles. The van der Waals surface area contributed by atoms with Gasteiger partial charge in [-0.3, -0.25) is 10.1 Å². The standard InChI is InChI=1S/C24H20N2O4S/c1-3-28-18-9-5-4-8-16(18)17-12-21(30-26-17)25-24(27)20-11-15-13-29-19-10-6-7-14(2)22(19)23(15)31-20/h4-12H,3,13H2,1-2H3,(H,25,27). The summed E-state index contributed by atoms with van der Waals surface area (Å²) in [7, 11) is 0. The predicted octanol–water partition coefficient (Wildman–Crippen LogP) is 5.92. The average Bonchev–Trinajstić information content (AvgIpc) is 3.41. The van der Waals surface area contributed by atoms with Gasteiger partial charge in [0.25, 0.3) is 5.91 Å². The highest BCUT2D eigenvalue weighted by molar-refractivity contribution is 7.17. The first-order valence-corrected chi connectivity index (χ1v) is 10.8. The summed E-state index contributed by atoms with van der Waals surface area (Å²) >= 11 is 1.46. The molecule has 1 amide bonds. The van der Waals surface area contributed by atoms with E-state index in [9.17, 15) is 4.79 Å². The fraction of sp³-hybridized carbons (Fsp3) is 0.167. The van der Waals surface area contributed by atoms with Gasteiger partial charge in [-0.15, -0.1) is 11.3 Å². The zero-order valence-corrected chi connectivity index (χ0v) is 17.9. The predicted molar refractivity (Wildman–Crippen MR) is 120 cm³/mol. The van der Waals surface area contributed by atoms with Gasteiger partial charge in [-0.1, -0.05) is 29.4 Å². The Kier molecular flexibility index (Phi) is 4.95. The van der Waals surface area contributed by atoms with E-state index in [0.29, 0.717) is 23.8 Å². The van der Waals surface area contributed by atoms with Gasteiger partial charge < -0.3 is 14.0 Å². The van der Waals surface area contributed by atoms with Crippen LogP contribution >= 0.6 is 11.3 Å². The summed E-state index contributed by atoms with van der Waals surface area (Å²) in [6, 6.07) is 17.2. The van der Waals surface area contributed by atoms with Crippen molar-refractivity contribution in [3.05, 3.63) is 70.6 Å². The molecule has 0 unspecified atom stereocenters. The number of benzene rings is 2. The molecule has 0 atom stereocenters. The average molecular weight is 433 g/mol. The fourth-order valence-corrected chi connectivity index (χ4v) is 4.84. The fourth-order valence-electron chi connectivity index (χ4n) is 3.66. The number of nitrogens with zero attached hydrogens (tertiary/aromatic N) is 1. The van der Waals surface area contributed by atoms with Crippen LogP contribution in [0.25, 0.3) is 21.7 Å². The summed E-state index contributed by atoms with van der Waals surface area (Å²) < 4.78 is 16.9. The zero-order valence-electron chi connectivity index (χ0n) is 17.1. The zero-order chi connectivity index (χ0) is 21.4. The van der Waals surface area contributed by atoms with E-state index in [1.54, 1.807) is 6.07 Å². The molecule has 7 heteroatoms. The van der Waals surface area contributed by atoms with E-state index in [4.69, 9.17) is 14.0 Å². The third-order valence-corrected chi connectivity index (χ3v) is 6.28. The van der Waals surface area contributed by atoms with Gasteiger partial charge in [-0.25, -0.2) is 0 Å². The number of anilines is 1. The first-order chi connectivity index (χ1) is 15.1. The van der Waals surface area contributed by atoms with Gasteiger partial charge in [-0.05, 0) is 43.7 Å². The summed E-state index contributed by atoms with van der Waals surface area (Å²) in [6.45, 7) is 4.98. The van der Waals surface area contributed by atoms with E-state index in [2.05, 4.69) is 10.5 Å². The highest BCUT2D eigenvalue weighted by Gasteiger charge is 2.24. The van der Waals surface area contributed by atoms with Crippen LogP contribution in [0.5, 0.6) is 11.5 Å². The number of nitrogens with one attached hydrogen (secondary N) is 1. The van der Waals surface area contributed by atoms with Crippen LogP contribution in [0.1, 0.15) is 27.7 Å². The maximum absolute atomic E-state index is 12.9. The van der Waals surface area contributed by atoms with Gasteiger partial charge in [0.1, 0.15) is 23.8 Å². The van der Waals surface area contributed by atoms with Crippen LogP contribution in [0, 0.1) is 6.92 Å². The van der Waals surface area contributed by atoms with Gasteiger partial charge in [-0.2, -0.15) is 0 Å². The summed E-state index contributed by atoms with van der Waals surface area (Å²) in [5.74, 6) is 1.62. The van der Waals surface area contributed by atoms with Gasteiger partial charge in [0.05, 0.1) is 11.5 Å². The second-order valence-electron chi connectivity index (χ2n) is 7.16. The number of aryl methyl sites for hydroxylation is 1. The Morgan fingerprint density at radius 3 is 2.94 bits per heavy atom. The summed E-state index contributed by atoms with van der Waals surface area (Å²) in [4.78, 5) is 14.6. The highest BCUT2D eigenvalue weighted by Crippen LogP contribution is 2.44. The van der Waals surface area contributed by atoms with Gasteiger partial charge in [0, 0.05) is 27.6 Å². The van der Waals surface area contributed by atoms with Crippen LogP contribution in [-0.4, -0.2) is 17.7 Å². The Bertz CT molecular complexity index is 1270. The van der Waals surface area contributed by atoms with Crippen LogP contribution in [-0.2, 0) is 6.61 Å². The number of carbonyl (C=O) groups excluding carboxylic acids is 1. The SMILES string of the molecule is CCOc1ccccc1-c1cc(NC(=O)c2cc3c(s2)-c2c(C)cccc2OC3)on1. The largest absolute Gasteiger partial charge is 0.493 e. The topological polar surface area (TPSA) is 73.6 Å². The van der Waals surface area contributed by atoms with Gasteiger partial charge in [0.15, 0.2) is 0 Å². The monoisotopic (exact) mass is 432 g/mol. The molecule has 5 rings (SSSR count).